The van der Waals surface area contributed by atoms with Crippen LogP contribution in [0.2, 0.25) is 0 Å². The van der Waals surface area contributed by atoms with Gasteiger partial charge >= 0.3 is 0 Å². The Labute approximate surface area is 277 Å². The molecule has 0 aromatic rings. The van der Waals surface area contributed by atoms with Gasteiger partial charge in [-0.2, -0.15) is 0 Å². The van der Waals surface area contributed by atoms with Crippen LogP contribution >= 0.6 is 0 Å². The second kappa shape index (κ2) is 102. The van der Waals surface area contributed by atoms with Crippen LogP contribution in [0.25, 0.3) is 5.32 Å². The first-order valence-corrected chi connectivity index (χ1v) is 1.37. The largest absolute Gasteiger partial charge is 0.656 e. The molecule has 0 saturated heterocycles. The molecule has 0 aromatic carbocycles. The minimum atomic E-state index is -0.120. The topological polar surface area (TPSA) is 31.2 Å². The van der Waals surface area contributed by atoms with Crippen LogP contribution in [0.15, 0.2) is 0 Å². The van der Waals surface area contributed by atoms with Crippen molar-refractivity contribution >= 4 is 5.91 Å². The van der Waals surface area contributed by atoms with Gasteiger partial charge in [0.1, 0.15) is 0 Å². The molecule has 0 aliphatic heterocycles. The van der Waals surface area contributed by atoms with Crippen molar-refractivity contribution in [1.82, 2.24) is 0 Å². The molecule has 0 aliphatic rings. The third-order valence-corrected chi connectivity index (χ3v) is 0.315. The molecule has 15 heteroatoms. The van der Waals surface area contributed by atoms with Gasteiger partial charge in [0.2, 0.25) is 0 Å². The summed E-state index contributed by atoms with van der Waals surface area (Å²) in [5, 5.41) is 3.25. The van der Waals surface area contributed by atoms with Gasteiger partial charge < -0.3 is 10.1 Å². The Hall–Kier alpha value is 7.57. The van der Waals surface area contributed by atoms with E-state index in [4.69, 9.17) is 0 Å². The fourth-order valence-corrected chi connectivity index (χ4v) is 0. The van der Waals surface area contributed by atoms with Gasteiger partial charge in [-0.3, -0.25) is 0 Å². The van der Waals surface area contributed by atoms with Crippen LogP contribution in [0.4, 0.5) is 0 Å². The Bertz CT molecular complexity index is 57.5. The fourth-order valence-electron chi connectivity index (χ4n) is 0. The summed E-state index contributed by atoms with van der Waals surface area (Å²) in [7, 11) is 1.47. The number of hydrogen-bond donors (Lipinski definition) is 0. The average Bonchev–Trinajstić information content (AvgIpc) is 1.38. The van der Waals surface area contributed by atoms with E-state index in [-0.39, 0.29) is 259 Å². The molecule has 0 aromatic heterocycles. The molecule has 0 atom stereocenters. The van der Waals surface area contributed by atoms with Gasteiger partial charge in [-0.05, 0) is 6.92 Å². The maximum atomic E-state index is 9.65. The van der Waals surface area contributed by atoms with Crippen molar-refractivity contribution in [1.29, 1.82) is 0 Å². The van der Waals surface area contributed by atoms with Gasteiger partial charge in [0.25, 0.3) is 0 Å². The van der Waals surface area contributed by atoms with Crippen molar-refractivity contribution in [2.24, 2.45) is 0 Å². The summed E-state index contributed by atoms with van der Waals surface area (Å²) in [6.45, 7) is 1.42. The van der Waals surface area contributed by atoms with Gasteiger partial charge in [0.05, 0.1) is 0 Å². The summed E-state index contributed by atoms with van der Waals surface area (Å²) in [6, 6.07) is 0. The Balaban J connectivity index is -0.00000000103. The molecule has 0 unspecified atom stereocenters. The van der Waals surface area contributed by atoms with Gasteiger partial charge in [-0.1, -0.05) is 0 Å². The molecule has 1 amide bonds. The van der Waals surface area contributed by atoms with E-state index in [2.05, 4.69) is 5.32 Å². The molecule has 13 radical (unpaired) electrons. The van der Waals surface area contributed by atoms with Gasteiger partial charge in [0, 0.05) is 259 Å². The predicted octanol–water partition coefficient (Wildman–Crippen LogP) is 0.504. The smallest absolute Gasteiger partial charge is 0.0478 e. The summed E-state index contributed by atoms with van der Waals surface area (Å²) in [6.07, 6.45) is 0. The summed E-state index contributed by atoms with van der Waals surface area (Å²) in [5.41, 5.74) is 0. The fraction of sp³-hybridized carbons (Fsp3) is 0.667. The number of carbonyl (C=O) groups is 1. The molecule has 0 spiro atoms. The Morgan fingerprint density at radius 1 is 0.556 bits per heavy atom. The minimum Gasteiger partial charge on any atom is -0.656 e. The van der Waals surface area contributed by atoms with E-state index >= 15 is 0 Å². The summed E-state index contributed by atoms with van der Waals surface area (Å²) < 4.78 is 0. The molecule has 0 bridgehead atoms. The zero-order valence-electron chi connectivity index (χ0n) is 7.69. The third kappa shape index (κ3) is 131. The van der Waals surface area contributed by atoms with E-state index in [0.29, 0.717) is 0 Å². The molecule has 0 aliphatic carbocycles. The van der Waals surface area contributed by atoms with Crippen LogP contribution < -0.4 is 0 Å². The number of amides is 1. The van der Waals surface area contributed by atoms with Crippen LogP contribution in [0.1, 0.15) is 6.92 Å². The molecule has 0 rings (SSSR count). The van der Waals surface area contributed by atoms with Crippen molar-refractivity contribution in [3.63, 3.8) is 0 Å². The Morgan fingerprint density at radius 3 is 0.611 bits per heavy atom. The molecule has 147 valence electrons. The van der Waals surface area contributed by atoms with Crippen LogP contribution in [-0.2, 0) is 258 Å². The number of hydrogen-bond acceptors (Lipinski definition) is 1. The SMILES string of the molecule is C[N-]C(C)=O.[Rh].[Rh].[Rh].[Rh].[Rh].[Rh].[Rh].[Rh].[Rh].[Rh].[Rh].[Rh].[Rh]. The first-order chi connectivity index (χ1) is 2.27. The summed E-state index contributed by atoms with van der Waals surface area (Å²) >= 11 is 0. The minimum absolute atomic E-state index is 0. The van der Waals surface area contributed by atoms with E-state index in [0.717, 1.165) is 0 Å². The second-order valence-corrected chi connectivity index (χ2v) is 0.743. The maximum absolute atomic E-state index is 9.65. The normalized spacial score (nSPS) is 1.89. The van der Waals surface area contributed by atoms with Crippen molar-refractivity contribution < 1.29 is 258 Å². The quantitative estimate of drug-likeness (QED) is 0.326. The Morgan fingerprint density at radius 2 is 0.611 bits per heavy atom. The molecule has 0 N–H and O–H groups in total. The van der Waals surface area contributed by atoms with Gasteiger partial charge in [-0.25, -0.2) is 0 Å². The van der Waals surface area contributed by atoms with Gasteiger partial charge in [0.15, 0.2) is 0 Å². The van der Waals surface area contributed by atoms with Crippen LogP contribution in [-0.4, -0.2) is 13.0 Å². The first-order valence-electron chi connectivity index (χ1n) is 1.37. The molecular weight excluding hydrogens is 1400 g/mol. The molecule has 0 saturated carbocycles. The maximum Gasteiger partial charge on any atom is 0.0478 e. The molecule has 2 nitrogen and oxygen atoms in total. The zero-order valence-corrected chi connectivity index (χ0v) is 29.0. The third-order valence-electron chi connectivity index (χ3n) is 0.315. The van der Waals surface area contributed by atoms with Crippen molar-refractivity contribution in [3.05, 3.63) is 5.32 Å². The van der Waals surface area contributed by atoms with E-state index in [1.807, 2.05) is 0 Å². The van der Waals surface area contributed by atoms with Gasteiger partial charge in [-0.15, -0.1) is 7.05 Å². The van der Waals surface area contributed by atoms with Crippen LogP contribution in [0, 0.1) is 0 Å². The summed E-state index contributed by atoms with van der Waals surface area (Å²) in [5.74, 6) is -0.120. The second-order valence-electron chi connectivity index (χ2n) is 0.743. The molecular formula is C3H6NORh13-. The summed E-state index contributed by atoms with van der Waals surface area (Å²) in [4.78, 5) is 9.65. The monoisotopic (exact) mass is 1410 g/mol. The Kier molecular flexibility index (Phi) is 653. The number of carbonyl (C=O) groups excluding carboxylic acids is 1. The standard InChI is InChI=1S/C3H7NO.13Rh/c1-3(5)4-2;;;;;;;;;;;;;/h1-2H3,(H,4,5);;;;;;;;;;;;;/p-1. The van der Waals surface area contributed by atoms with Crippen molar-refractivity contribution in [2.45, 2.75) is 6.92 Å². The number of nitrogens with zero attached hydrogens (tertiary/aromatic N) is 1. The molecule has 18 heavy (non-hydrogen) atoms. The van der Waals surface area contributed by atoms with Crippen molar-refractivity contribution in [2.75, 3.05) is 7.05 Å². The van der Waals surface area contributed by atoms with E-state index in [1.165, 1.54) is 14.0 Å². The molecule has 0 heterocycles. The van der Waals surface area contributed by atoms with E-state index in [9.17, 15) is 4.79 Å². The average molecular weight is 1410 g/mol. The zero-order chi connectivity index (χ0) is 4.28. The molecule has 0 fully saturated rings. The van der Waals surface area contributed by atoms with E-state index in [1.54, 1.807) is 0 Å². The van der Waals surface area contributed by atoms with Crippen molar-refractivity contribution in [3.8, 4) is 0 Å². The van der Waals surface area contributed by atoms with Crippen LogP contribution in [0.5, 0.6) is 0 Å². The van der Waals surface area contributed by atoms with Crippen LogP contribution in [0.3, 0.4) is 0 Å². The first kappa shape index (κ1) is 115. The van der Waals surface area contributed by atoms with E-state index < -0.39 is 0 Å². The number of rotatable bonds is 0. The predicted molar refractivity (Wildman–Crippen MR) is 20.0 cm³/mol.